The van der Waals surface area contributed by atoms with Gasteiger partial charge < -0.3 is 25.4 Å². The lowest BCUT2D eigenvalue weighted by atomic mass is 9.93. The first-order chi connectivity index (χ1) is 12.1. The molecule has 1 rings (SSSR count). The predicted molar refractivity (Wildman–Crippen MR) is 97.8 cm³/mol. The summed E-state index contributed by atoms with van der Waals surface area (Å²) in [5.74, 6) is -0.737. The van der Waals surface area contributed by atoms with Crippen molar-refractivity contribution in [3.63, 3.8) is 0 Å². The van der Waals surface area contributed by atoms with Gasteiger partial charge in [-0.05, 0) is 31.6 Å². The number of ether oxygens (including phenoxy) is 1. The molecular weight excluding hydrogens is 338 g/mol. The number of aliphatic carboxylic acids is 1. The number of likely N-dealkylation sites (tertiary alicyclic amines) is 1. The highest BCUT2D eigenvalue weighted by Gasteiger charge is 2.31. The molecular formula is C18H33N3O5. The van der Waals surface area contributed by atoms with Crippen molar-refractivity contribution < 1.29 is 24.2 Å². The minimum absolute atomic E-state index is 0.0742. The summed E-state index contributed by atoms with van der Waals surface area (Å²) in [6, 6.07) is -0.0843. The van der Waals surface area contributed by atoms with Crippen LogP contribution in [0.4, 0.5) is 4.79 Å². The molecule has 0 aromatic heterocycles. The van der Waals surface area contributed by atoms with Gasteiger partial charge in [-0.1, -0.05) is 13.8 Å². The summed E-state index contributed by atoms with van der Waals surface area (Å²) in [6.07, 6.45) is 1.80. The average molecular weight is 371 g/mol. The number of urea groups is 1. The van der Waals surface area contributed by atoms with Crippen LogP contribution in [-0.4, -0.2) is 66.8 Å². The number of amides is 3. The molecule has 0 aliphatic carbocycles. The minimum Gasteiger partial charge on any atom is -0.481 e. The quantitative estimate of drug-likeness (QED) is 0.568. The number of piperidine rings is 1. The first-order valence-corrected chi connectivity index (χ1v) is 9.19. The topological polar surface area (TPSA) is 108 Å². The van der Waals surface area contributed by atoms with Gasteiger partial charge in [0.05, 0.1) is 18.6 Å². The molecule has 8 heteroatoms. The van der Waals surface area contributed by atoms with Crippen LogP contribution in [0.3, 0.4) is 0 Å². The van der Waals surface area contributed by atoms with Crippen LogP contribution < -0.4 is 10.6 Å². The molecule has 3 N–H and O–H groups in total. The standard InChI is InChI=1S/C18H33N3O5/c1-13(2)10-19-17(25)21-7-5-6-14(11-21)8-15(22)20-18(3,12-26-4)9-16(23)24/h13-14H,5-12H2,1-4H3,(H,19,25)(H,20,22)(H,23,24). The lowest BCUT2D eigenvalue weighted by Crippen LogP contribution is -2.52. The number of carbonyl (C=O) groups excluding carboxylic acids is 2. The summed E-state index contributed by atoms with van der Waals surface area (Å²) in [5, 5.41) is 14.7. The molecule has 1 saturated heterocycles. The molecule has 0 bridgehead atoms. The average Bonchev–Trinajstić information content (AvgIpc) is 2.51. The summed E-state index contributed by atoms with van der Waals surface area (Å²) < 4.78 is 5.05. The predicted octanol–water partition coefficient (Wildman–Crippen LogP) is 1.45. The monoisotopic (exact) mass is 371 g/mol. The Hall–Kier alpha value is -1.83. The molecule has 3 amide bonds. The second-order valence-electron chi connectivity index (χ2n) is 7.85. The van der Waals surface area contributed by atoms with Crippen molar-refractivity contribution in [2.45, 2.75) is 52.0 Å². The Morgan fingerprint density at radius 2 is 2.04 bits per heavy atom. The summed E-state index contributed by atoms with van der Waals surface area (Å²) in [7, 11) is 1.47. The number of hydrogen-bond acceptors (Lipinski definition) is 4. The van der Waals surface area contributed by atoms with Crippen LogP contribution >= 0.6 is 0 Å². The second kappa shape index (κ2) is 10.4. The van der Waals surface area contributed by atoms with Crippen LogP contribution in [-0.2, 0) is 14.3 Å². The third-order valence-corrected chi connectivity index (χ3v) is 4.39. The minimum atomic E-state index is -0.990. The molecule has 0 aromatic carbocycles. The van der Waals surface area contributed by atoms with Crippen molar-refractivity contribution in [1.29, 1.82) is 0 Å². The Kier molecular flexibility index (Phi) is 8.84. The molecule has 1 heterocycles. The molecule has 1 aliphatic rings. The van der Waals surface area contributed by atoms with Gasteiger partial charge in [-0.25, -0.2) is 4.79 Å². The summed E-state index contributed by atoms with van der Waals surface area (Å²) in [5.41, 5.74) is -0.944. The van der Waals surface area contributed by atoms with Gasteiger partial charge in [-0.2, -0.15) is 0 Å². The van der Waals surface area contributed by atoms with Crippen molar-refractivity contribution in [3.05, 3.63) is 0 Å². The van der Waals surface area contributed by atoms with E-state index in [2.05, 4.69) is 10.6 Å². The smallest absolute Gasteiger partial charge is 0.317 e. The summed E-state index contributed by atoms with van der Waals surface area (Å²) in [4.78, 5) is 37.4. The zero-order chi connectivity index (χ0) is 19.7. The lowest BCUT2D eigenvalue weighted by molar-refractivity contribution is -0.139. The van der Waals surface area contributed by atoms with E-state index >= 15 is 0 Å². The lowest BCUT2D eigenvalue weighted by Gasteiger charge is -2.34. The zero-order valence-electron chi connectivity index (χ0n) is 16.3. The Balaban J connectivity index is 2.54. The van der Waals surface area contributed by atoms with Crippen molar-refractivity contribution in [1.82, 2.24) is 15.5 Å². The van der Waals surface area contributed by atoms with Crippen LogP contribution in [0, 0.1) is 11.8 Å². The Morgan fingerprint density at radius 1 is 1.35 bits per heavy atom. The van der Waals surface area contributed by atoms with Gasteiger partial charge in [0.15, 0.2) is 0 Å². The van der Waals surface area contributed by atoms with Crippen LogP contribution in [0.15, 0.2) is 0 Å². The number of nitrogens with one attached hydrogen (secondary N) is 2. The molecule has 0 spiro atoms. The molecule has 1 aliphatic heterocycles. The first-order valence-electron chi connectivity index (χ1n) is 9.19. The summed E-state index contributed by atoms with van der Waals surface area (Å²) >= 11 is 0. The molecule has 1 fully saturated rings. The van der Waals surface area contributed by atoms with Gasteiger partial charge in [0.2, 0.25) is 5.91 Å². The normalized spacial score (nSPS) is 19.7. The van der Waals surface area contributed by atoms with E-state index in [0.717, 1.165) is 12.8 Å². The number of methoxy groups -OCH3 is 1. The van der Waals surface area contributed by atoms with E-state index in [9.17, 15) is 14.4 Å². The molecule has 150 valence electrons. The maximum absolute atomic E-state index is 12.4. The fourth-order valence-electron chi connectivity index (χ4n) is 3.25. The third-order valence-electron chi connectivity index (χ3n) is 4.39. The Labute approximate surface area is 155 Å². The van der Waals surface area contributed by atoms with E-state index in [0.29, 0.717) is 25.6 Å². The fourth-order valence-corrected chi connectivity index (χ4v) is 3.25. The molecule has 0 aromatic rings. The Bertz CT molecular complexity index is 497. The van der Waals surface area contributed by atoms with Crippen LogP contribution in [0.5, 0.6) is 0 Å². The van der Waals surface area contributed by atoms with Crippen LogP contribution in [0.25, 0.3) is 0 Å². The first kappa shape index (κ1) is 22.2. The third kappa shape index (κ3) is 8.03. The molecule has 2 atom stereocenters. The highest BCUT2D eigenvalue weighted by molar-refractivity contribution is 5.79. The van der Waals surface area contributed by atoms with E-state index < -0.39 is 11.5 Å². The molecule has 8 nitrogen and oxygen atoms in total. The molecule has 2 unspecified atom stereocenters. The number of hydrogen-bond donors (Lipinski definition) is 3. The van der Waals surface area contributed by atoms with Crippen molar-refractivity contribution in [2.75, 3.05) is 33.4 Å². The number of carboxylic acids is 1. The van der Waals surface area contributed by atoms with Gasteiger partial charge >= 0.3 is 12.0 Å². The number of carboxylic acid groups (broad SMARTS) is 1. The maximum atomic E-state index is 12.4. The maximum Gasteiger partial charge on any atom is 0.317 e. The highest BCUT2D eigenvalue weighted by Crippen LogP contribution is 2.21. The zero-order valence-corrected chi connectivity index (χ0v) is 16.3. The fraction of sp³-hybridized carbons (Fsp3) is 0.833. The van der Waals surface area contributed by atoms with Gasteiger partial charge in [0.25, 0.3) is 0 Å². The van der Waals surface area contributed by atoms with Crippen molar-refractivity contribution >= 4 is 17.9 Å². The largest absolute Gasteiger partial charge is 0.481 e. The highest BCUT2D eigenvalue weighted by atomic mass is 16.5. The molecule has 26 heavy (non-hydrogen) atoms. The number of carbonyl (C=O) groups is 3. The van der Waals surface area contributed by atoms with Crippen LogP contribution in [0.1, 0.15) is 46.5 Å². The second-order valence-corrected chi connectivity index (χ2v) is 7.85. The molecule has 0 saturated carbocycles. The van der Waals surface area contributed by atoms with Gasteiger partial charge in [-0.3, -0.25) is 9.59 Å². The molecule has 0 radical (unpaired) electrons. The van der Waals surface area contributed by atoms with Gasteiger partial charge in [-0.15, -0.1) is 0 Å². The van der Waals surface area contributed by atoms with Crippen LogP contribution in [0.2, 0.25) is 0 Å². The van der Waals surface area contributed by atoms with E-state index in [1.165, 1.54) is 7.11 Å². The number of rotatable bonds is 9. The van der Waals surface area contributed by atoms with Gasteiger partial charge in [0.1, 0.15) is 0 Å². The van der Waals surface area contributed by atoms with Crippen molar-refractivity contribution in [2.24, 2.45) is 11.8 Å². The van der Waals surface area contributed by atoms with E-state index in [1.54, 1.807) is 11.8 Å². The summed E-state index contributed by atoms with van der Waals surface area (Å²) in [6.45, 7) is 7.73. The van der Waals surface area contributed by atoms with Crippen molar-refractivity contribution in [3.8, 4) is 0 Å². The van der Waals surface area contributed by atoms with Gasteiger partial charge in [0, 0.05) is 33.2 Å². The SMILES string of the molecule is COCC(C)(CC(=O)O)NC(=O)CC1CCCN(C(=O)NCC(C)C)C1. The Morgan fingerprint density at radius 3 is 2.62 bits per heavy atom. The number of nitrogens with zero attached hydrogens (tertiary/aromatic N) is 1. The van der Waals surface area contributed by atoms with E-state index in [1.807, 2.05) is 13.8 Å². The van der Waals surface area contributed by atoms with E-state index in [-0.39, 0.29) is 37.3 Å². The van der Waals surface area contributed by atoms with E-state index in [4.69, 9.17) is 9.84 Å².